The first-order chi connectivity index (χ1) is 12.3. The van der Waals surface area contributed by atoms with E-state index in [2.05, 4.69) is 36.7 Å². The second kappa shape index (κ2) is 13.0. The highest BCUT2D eigenvalue weighted by molar-refractivity contribution is 14.0. The van der Waals surface area contributed by atoms with Crippen LogP contribution in [0.25, 0.3) is 0 Å². The van der Waals surface area contributed by atoms with Gasteiger partial charge in [-0.05, 0) is 32.8 Å². The second-order valence-electron chi connectivity index (χ2n) is 6.02. The first-order valence-electron chi connectivity index (χ1n) is 9.24. The topological polar surface area (TPSA) is 46.1 Å². The van der Waals surface area contributed by atoms with Crippen LogP contribution >= 0.6 is 24.0 Å². The highest BCUT2D eigenvalue weighted by Gasteiger charge is 2.21. The number of nitrogens with one attached hydrogen (secondary N) is 1. The van der Waals surface area contributed by atoms with E-state index in [1.54, 1.807) is 6.08 Å². The molecule has 146 valence electrons. The number of likely N-dealkylation sites (tertiary alicyclic amines) is 1. The van der Waals surface area contributed by atoms with E-state index in [9.17, 15) is 0 Å². The molecule has 0 atom stereocenters. The molecule has 26 heavy (non-hydrogen) atoms. The van der Waals surface area contributed by atoms with E-state index in [0.717, 1.165) is 56.4 Å². The van der Waals surface area contributed by atoms with E-state index in [4.69, 9.17) is 14.5 Å². The number of rotatable bonds is 8. The Morgan fingerprint density at radius 1 is 1.31 bits per heavy atom. The van der Waals surface area contributed by atoms with Gasteiger partial charge in [-0.3, -0.25) is 0 Å². The molecule has 0 amide bonds. The summed E-state index contributed by atoms with van der Waals surface area (Å²) in [5.41, 5.74) is 1.09. The number of para-hydroxylation sites is 1. The van der Waals surface area contributed by atoms with Crippen LogP contribution in [0.1, 0.15) is 32.3 Å². The number of halogens is 1. The largest absolute Gasteiger partial charge is 0.489 e. The molecule has 1 aromatic carbocycles. The van der Waals surface area contributed by atoms with Crippen LogP contribution < -0.4 is 10.1 Å². The number of piperidine rings is 1. The van der Waals surface area contributed by atoms with Crippen molar-refractivity contribution in [3.05, 3.63) is 42.5 Å². The summed E-state index contributed by atoms with van der Waals surface area (Å²) in [6.07, 6.45) is 4.25. The summed E-state index contributed by atoms with van der Waals surface area (Å²) in [5.74, 6) is 1.84. The third kappa shape index (κ3) is 7.15. The molecule has 2 rings (SSSR count). The maximum absolute atomic E-state index is 5.74. The normalized spacial score (nSPS) is 15.3. The monoisotopic (exact) mass is 473 g/mol. The Labute approximate surface area is 174 Å². The van der Waals surface area contributed by atoms with Crippen LogP contribution in [0.2, 0.25) is 0 Å². The average Bonchev–Trinajstić information content (AvgIpc) is 2.65. The Balaban J connectivity index is 0.00000338. The number of guanidine groups is 1. The van der Waals surface area contributed by atoms with Crippen LogP contribution in [0, 0.1) is 0 Å². The minimum Gasteiger partial charge on any atom is -0.489 e. The molecule has 0 unspecified atom stereocenters. The van der Waals surface area contributed by atoms with E-state index in [-0.39, 0.29) is 24.0 Å². The summed E-state index contributed by atoms with van der Waals surface area (Å²) in [5, 5.41) is 3.41. The number of hydrogen-bond acceptors (Lipinski definition) is 3. The van der Waals surface area contributed by atoms with Crippen molar-refractivity contribution in [3.63, 3.8) is 0 Å². The lowest BCUT2D eigenvalue weighted by atomic mass is 10.1. The van der Waals surface area contributed by atoms with Gasteiger partial charge in [-0.25, -0.2) is 4.99 Å². The molecule has 1 heterocycles. The Hall–Kier alpha value is -1.28. The van der Waals surface area contributed by atoms with Gasteiger partial charge in [-0.1, -0.05) is 30.9 Å². The smallest absolute Gasteiger partial charge is 0.194 e. The van der Waals surface area contributed by atoms with E-state index in [1.807, 2.05) is 18.2 Å². The van der Waals surface area contributed by atoms with Crippen LogP contribution in [0.15, 0.2) is 41.9 Å². The van der Waals surface area contributed by atoms with Crippen molar-refractivity contribution < 1.29 is 9.47 Å². The van der Waals surface area contributed by atoms with Crippen LogP contribution in [0.3, 0.4) is 0 Å². The number of ether oxygens (including phenoxy) is 2. The lowest BCUT2D eigenvalue weighted by Gasteiger charge is -2.34. The van der Waals surface area contributed by atoms with Gasteiger partial charge in [0.15, 0.2) is 5.96 Å². The first-order valence-corrected chi connectivity index (χ1v) is 9.24. The molecule has 6 heteroatoms. The highest BCUT2D eigenvalue weighted by atomic mass is 127. The number of hydrogen-bond donors (Lipinski definition) is 1. The van der Waals surface area contributed by atoms with Gasteiger partial charge < -0.3 is 19.7 Å². The van der Waals surface area contributed by atoms with Crippen molar-refractivity contribution in [1.29, 1.82) is 0 Å². The van der Waals surface area contributed by atoms with Gasteiger partial charge in [0.2, 0.25) is 0 Å². The molecule has 1 aliphatic heterocycles. The molecular weight excluding hydrogens is 441 g/mol. The minimum atomic E-state index is 0. The fraction of sp³-hybridized carbons (Fsp3) is 0.550. The Morgan fingerprint density at radius 2 is 2.04 bits per heavy atom. The lowest BCUT2D eigenvalue weighted by Crippen LogP contribution is -2.47. The zero-order valence-electron chi connectivity index (χ0n) is 15.9. The standard InChI is InChI=1S/C20H31N3O2.HI/c1-4-15-25-19-10-8-7-9-17(19)16-22-20(21-5-2)23-13-11-18(12-14-23)24-6-3;/h4,7-10,18H,1,5-6,11-16H2,2-3H3,(H,21,22);1H. The van der Waals surface area contributed by atoms with Gasteiger partial charge in [0.05, 0.1) is 12.6 Å². The van der Waals surface area contributed by atoms with Gasteiger partial charge in [0.25, 0.3) is 0 Å². The molecule has 0 bridgehead atoms. The highest BCUT2D eigenvalue weighted by Crippen LogP contribution is 2.19. The summed E-state index contributed by atoms with van der Waals surface area (Å²) in [4.78, 5) is 7.16. The quantitative estimate of drug-likeness (QED) is 0.270. The van der Waals surface area contributed by atoms with Crippen molar-refractivity contribution in [2.75, 3.05) is 32.8 Å². The van der Waals surface area contributed by atoms with E-state index < -0.39 is 0 Å². The Kier molecular flexibility index (Phi) is 11.4. The van der Waals surface area contributed by atoms with Crippen molar-refractivity contribution in [2.45, 2.75) is 39.3 Å². The summed E-state index contributed by atoms with van der Waals surface area (Å²) < 4.78 is 11.5. The summed E-state index contributed by atoms with van der Waals surface area (Å²) in [6.45, 7) is 12.6. The summed E-state index contributed by atoms with van der Waals surface area (Å²) >= 11 is 0. The Bertz CT molecular complexity index is 558. The molecule has 0 aromatic heterocycles. The zero-order valence-corrected chi connectivity index (χ0v) is 18.3. The maximum atomic E-state index is 5.74. The SMILES string of the molecule is C=CCOc1ccccc1CN=C(NCC)N1CCC(OCC)CC1.I. The predicted molar refractivity (Wildman–Crippen MR) is 119 cm³/mol. The fourth-order valence-electron chi connectivity index (χ4n) is 2.98. The molecule has 0 spiro atoms. The number of nitrogens with zero attached hydrogens (tertiary/aromatic N) is 2. The van der Waals surface area contributed by atoms with Crippen molar-refractivity contribution in [2.24, 2.45) is 4.99 Å². The van der Waals surface area contributed by atoms with Crippen LogP contribution in [0.4, 0.5) is 0 Å². The third-order valence-electron chi connectivity index (χ3n) is 4.21. The van der Waals surface area contributed by atoms with Gasteiger partial charge in [-0.15, -0.1) is 24.0 Å². The molecule has 0 aliphatic carbocycles. The minimum absolute atomic E-state index is 0. The van der Waals surface area contributed by atoms with Crippen LogP contribution in [-0.4, -0.2) is 49.8 Å². The zero-order chi connectivity index (χ0) is 17.9. The van der Waals surface area contributed by atoms with Crippen molar-refractivity contribution >= 4 is 29.9 Å². The molecule has 5 nitrogen and oxygen atoms in total. The molecule has 1 aromatic rings. The van der Waals surface area contributed by atoms with E-state index >= 15 is 0 Å². The molecule has 1 saturated heterocycles. The van der Waals surface area contributed by atoms with Gasteiger partial charge >= 0.3 is 0 Å². The lowest BCUT2D eigenvalue weighted by molar-refractivity contribution is 0.0263. The molecular formula is C20H32IN3O2. The summed E-state index contributed by atoms with van der Waals surface area (Å²) in [7, 11) is 0. The molecule has 1 aliphatic rings. The van der Waals surface area contributed by atoms with Crippen molar-refractivity contribution in [1.82, 2.24) is 10.2 Å². The molecule has 1 fully saturated rings. The average molecular weight is 473 g/mol. The number of aliphatic imine (C=N–C) groups is 1. The fourth-order valence-corrected chi connectivity index (χ4v) is 2.98. The van der Waals surface area contributed by atoms with Crippen LogP contribution in [0.5, 0.6) is 5.75 Å². The number of benzene rings is 1. The predicted octanol–water partition coefficient (Wildman–Crippen LogP) is 3.84. The third-order valence-corrected chi connectivity index (χ3v) is 4.21. The molecule has 0 radical (unpaired) electrons. The van der Waals surface area contributed by atoms with E-state index in [0.29, 0.717) is 19.3 Å². The Morgan fingerprint density at radius 3 is 2.69 bits per heavy atom. The second-order valence-corrected chi connectivity index (χ2v) is 6.02. The van der Waals surface area contributed by atoms with Gasteiger partial charge in [-0.2, -0.15) is 0 Å². The molecule has 0 saturated carbocycles. The van der Waals surface area contributed by atoms with Crippen LogP contribution in [-0.2, 0) is 11.3 Å². The van der Waals surface area contributed by atoms with Gasteiger partial charge in [0, 0.05) is 31.8 Å². The van der Waals surface area contributed by atoms with E-state index in [1.165, 1.54) is 0 Å². The van der Waals surface area contributed by atoms with Crippen molar-refractivity contribution in [3.8, 4) is 5.75 Å². The first kappa shape index (κ1) is 22.8. The molecule has 1 N–H and O–H groups in total. The van der Waals surface area contributed by atoms with Gasteiger partial charge in [0.1, 0.15) is 12.4 Å². The summed E-state index contributed by atoms with van der Waals surface area (Å²) in [6, 6.07) is 8.04. The maximum Gasteiger partial charge on any atom is 0.194 e.